The third-order valence-corrected chi connectivity index (χ3v) is 9.26. The van der Waals surface area contributed by atoms with Crippen molar-refractivity contribution in [1.82, 2.24) is 0 Å². The fourth-order valence-electron chi connectivity index (χ4n) is 4.98. The summed E-state index contributed by atoms with van der Waals surface area (Å²) in [5, 5.41) is 0. The maximum Gasteiger partial charge on any atom is 0.339 e. The van der Waals surface area contributed by atoms with E-state index in [0.29, 0.717) is 40.7 Å². The molecule has 2 aromatic rings. The fourth-order valence-corrected chi connectivity index (χ4v) is 7.44. The summed E-state index contributed by atoms with van der Waals surface area (Å²) in [7, 11) is -8.99. The topological polar surface area (TPSA) is 101 Å². The summed E-state index contributed by atoms with van der Waals surface area (Å²) < 4.78 is 70.5. The molecule has 0 saturated heterocycles. The van der Waals surface area contributed by atoms with Crippen LogP contribution in [0.4, 0.5) is 0 Å². The SMILES string of the molecule is CC(C)c1cc(C(C)C)c(S(=O)(=O)Oc2c(C(C)C)cc(S(=O)(=O)[O-])c3c2CCCC3)c(C(C)C)c1. The smallest absolute Gasteiger partial charge is 0.339 e. The monoisotopic (exact) mass is 535 g/mol. The van der Waals surface area contributed by atoms with Crippen molar-refractivity contribution >= 4 is 20.2 Å². The summed E-state index contributed by atoms with van der Waals surface area (Å²) in [6.45, 7) is 15.7. The summed E-state index contributed by atoms with van der Waals surface area (Å²) in [6.07, 6.45) is 2.36. The third-order valence-electron chi connectivity index (χ3n) is 7.00. The summed E-state index contributed by atoms with van der Waals surface area (Å²) in [5.41, 5.74) is 3.85. The lowest BCUT2D eigenvalue weighted by Gasteiger charge is -2.28. The zero-order valence-corrected chi connectivity index (χ0v) is 24.3. The van der Waals surface area contributed by atoms with Crippen molar-refractivity contribution in [3.8, 4) is 5.75 Å². The molecule has 3 rings (SSSR count). The first-order valence-corrected chi connectivity index (χ1v) is 15.6. The van der Waals surface area contributed by atoms with Gasteiger partial charge in [0.2, 0.25) is 0 Å². The van der Waals surface area contributed by atoms with Crippen LogP contribution in [0.2, 0.25) is 0 Å². The Morgan fingerprint density at radius 1 is 0.694 bits per heavy atom. The number of rotatable bonds is 8. The first-order chi connectivity index (χ1) is 16.6. The standard InChI is InChI=1S/C28H40O6S2/c1-16(2)20-13-24(18(5)6)28(25(14-20)19(7)8)36(32,33)34-27-22-12-10-9-11-21(22)26(35(29,30)31)15-23(27)17(3)4/h13-19H,9-12H2,1-8H3,(H,29,30,31)/p-1. The first kappa shape index (κ1) is 28.7. The Kier molecular flexibility index (Phi) is 8.33. The summed E-state index contributed by atoms with van der Waals surface area (Å²) in [6, 6.07) is 5.25. The second-order valence-corrected chi connectivity index (χ2v) is 13.9. The average Bonchev–Trinajstić information content (AvgIpc) is 2.76. The summed E-state index contributed by atoms with van der Waals surface area (Å²) in [5.74, 6) is 0.0609. The van der Waals surface area contributed by atoms with E-state index in [9.17, 15) is 21.4 Å². The molecular formula is C28H39O6S2-. The lowest BCUT2D eigenvalue weighted by Crippen LogP contribution is -2.21. The molecule has 0 N–H and O–H groups in total. The Morgan fingerprint density at radius 2 is 1.17 bits per heavy atom. The molecule has 0 saturated carbocycles. The molecule has 0 unspecified atom stereocenters. The number of benzene rings is 2. The van der Waals surface area contributed by atoms with Crippen molar-refractivity contribution < 1.29 is 25.6 Å². The minimum absolute atomic E-state index is 0.0546. The van der Waals surface area contributed by atoms with Crippen molar-refractivity contribution in [2.75, 3.05) is 0 Å². The van der Waals surface area contributed by atoms with Gasteiger partial charge in [-0.25, -0.2) is 8.42 Å². The Morgan fingerprint density at radius 3 is 1.58 bits per heavy atom. The Balaban J connectivity index is 2.33. The van der Waals surface area contributed by atoms with Crippen LogP contribution >= 0.6 is 0 Å². The molecule has 36 heavy (non-hydrogen) atoms. The molecule has 200 valence electrons. The van der Waals surface area contributed by atoms with Crippen LogP contribution in [0.15, 0.2) is 28.0 Å². The second kappa shape index (κ2) is 10.5. The first-order valence-electron chi connectivity index (χ1n) is 12.8. The highest BCUT2D eigenvalue weighted by Gasteiger charge is 2.33. The van der Waals surface area contributed by atoms with E-state index in [1.54, 1.807) is 0 Å². The Labute approximate surface area is 217 Å². The highest BCUT2D eigenvalue weighted by atomic mass is 32.2. The predicted molar refractivity (Wildman–Crippen MR) is 142 cm³/mol. The van der Waals surface area contributed by atoms with Gasteiger partial charge in [-0.2, -0.15) is 8.42 Å². The lowest BCUT2D eigenvalue weighted by molar-refractivity contribution is 0.458. The van der Waals surface area contributed by atoms with Crippen molar-refractivity contribution in [1.29, 1.82) is 0 Å². The normalized spacial score (nSPS) is 14.7. The van der Waals surface area contributed by atoms with Crippen LogP contribution < -0.4 is 4.18 Å². The maximum atomic E-state index is 14.1. The van der Waals surface area contributed by atoms with Crippen LogP contribution in [0, 0.1) is 0 Å². The van der Waals surface area contributed by atoms with Gasteiger partial charge >= 0.3 is 10.1 Å². The van der Waals surface area contributed by atoms with Gasteiger partial charge in [0.15, 0.2) is 0 Å². The predicted octanol–water partition coefficient (Wildman–Crippen LogP) is 6.73. The van der Waals surface area contributed by atoms with Crippen LogP contribution in [0.25, 0.3) is 0 Å². The molecule has 0 heterocycles. The van der Waals surface area contributed by atoms with Gasteiger partial charge in [-0.15, -0.1) is 0 Å². The van der Waals surface area contributed by atoms with E-state index in [-0.39, 0.29) is 39.2 Å². The van der Waals surface area contributed by atoms with E-state index in [1.165, 1.54) is 6.07 Å². The minimum atomic E-state index is -4.72. The molecule has 0 spiro atoms. The van der Waals surface area contributed by atoms with E-state index in [4.69, 9.17) is 4.18 Å². The van der Waals surface area contributed by atoms with Crippen LogP contribution in [-0.4, -0.2) is 21.4 Å². The highest BCUT2D eigenvalue weighted by molar-refractivity contribution is 7.87. The van der Waals surface area contributed by atoms with Gasteiger partial charge in [-0.05, 0) is 77.7 Å². The fraction of sp³-hybridized carbons (Fsp3) is 0.571. The molecule has 0 amide bonds. The van der Waals surface area contributed by atoms with E-state index in [1.807, 2.05) is 53.7 Å². The van der Waals surface area contributed by atoms with Crippen molar-refractivity contribution in [3.63, 3.8) is 0 Å². The number of fused-ring (bicyclic) bond motifs is 1. The van der Waals surface area contributed by atoms with Crippen LogP contribution in [0.3, 0.4) is 0 Å². The largest absolute Gasteiger partial charge is 0.744 e. The van der Waals surface area contributed by atoms with Crippen molar-refractivity contribution in [2.24, 2.45) is 0 Å². The molecule has 0 radical (unpaired) electrons. The average molecular weight is 536 g/mol. The van der Waals surface area contributed by atoms with Gasteiger partial charge in [-0.3, -0.25) is 0 Å². The van der Waals surface area contributed by atoms with Crippen molar-refractivity contribution in [2.45, 2.75) is 115 Å². The quantitative estimate of drug-likeness (QED) is 0.274. The zero-order valence-electron chi connectivity index (χ0n) is 22.6. The second-order valence-electron chi connectivity index (χ2n) is 11.1. The van der Waals surface area contributed by atoms with Gasteiger partial charge in [0.1, 0.15) is 20.8 Å². The van der Waals surface area contributed by atoms with Gasteiger partial charge in [0.25, 0.3) is 0 Å². The summed E-state index contributed by atoms with van der Waals surface area (Å²) in [4.78, 5) is -0.0608. The van der Waals surface area contributed by atoms with Crippen LogP contribution in [-0.2, 0) is 33.1 Å². The molecule has 0 atom stereocenters. The Bertz CT molecular complexity index is 1320. The van der Waals surface area contributed by atoms with Gasteiger partial charge in [-0.1, -0.05) is 67.5 Å². The number of hydrogen-bond acceptors (Lipinski definition) is 6. The van der Waals surface area contributed by atoms with E-state index in [0.717, 1.165) is 18.4 Å². The molecule has 8 heteroatoms. The molecule has 0 fully saturated rings. The van der Waals surface area contributed by atoms with Crippen LogP contribution in [0.5, 0.6) is 5.75 Å². The zero-order chi connectivity index (χ0) is 27.2. The molecule has 2 aromatic carbocycles. The highest BCUT2D eigenvalue weighted by Crippen LogP contribution is 2.43. The minimum Gasteiger partial charge on any atom is -0.744 e. The summed E-state index contributed by atoms with van der Waals surface area (Å²) >= 11 is 0. The van der Waals surface area contributed by atoms with E-state index >= 15 is 0 Å². The lowest BCUT2D eigenvalue weighted by atomic mass is 9.87. The Hall–Kier alpha value is -1.90. The van der Waals surface area contributed by atoms with Gasteiger partial charge in [0, 0.05) is 11.1 Å². The molecule has 0 aromatic heterocycles. The maximum absolute atomic E-state index is 14.1. The molecule has 6 nitrogen and oxygen atoms in total. The molecule has 0 bridgehead atoms. The molecular weight excluding hydrogens is 496 g/mol. The molecule has 1 aliphatic rings. The van der Waals surface area contributed by atoms with Crippen molar-refractivity contribution in [3.05, 3.63) is 51.6 Å². The van der Waals surface area contributed by atoms with Crippen LogP contribution in [0.1, 0.15) is 125 Å². The third kappa shape index (κ3) is 5.65. The number of hydrogen-bond donors (Lipinski definition) is 0. The van der Waals surface area contributed by atoms with E-state index in [2.05, 4.69) is 13.8 Å². The molecule has 1 aliphatic carbocycles. The molecule has 0 aliphatic heterocycles. The van der Waals surface area contributed by atoms with E-state index < -0.39 is 20.2 Å². The van der Waals surface area contributed by atoms with Gasteiger partial charge in [0.05, 0.1) is 4.90 Å². The van der Waals surface area contributed by atoms with Gasteiger partial charge < -0.3 is 8.74 Å².